The van der Waals surface area contributed by atoms with E-state index in [0.717, 1.165) is 0 Å². The standard InChI is InChI=1S/C21H16ClF3N2O2/c1-29-15-3-4-16(18(22)8-15)17(9-21(23,24)25)20(28)14-7-13-6-12(10-26)2-5-19(13)27-11-14/h2-8,11,17,20,28H,9H2,1H3. The molecule has 8 heteroatoms. The third kappa shape index (κ3) is 4.78. The average molecular weight is 421 g/mol. The lowest BCUT2D eigenvalue weighted by Gasteiger charge is -2.26. The summed E-state index contributed by atoms with van der Waals surface area (Å²) in [4.78, 5) is 4.20. The fraction of sp³-hybridized carbons (Fsp3) is 0.238. The summed E-state index contributed by atoms with van der Waals surface area (Å²) in [5.41, 5.74) is 1.31. The Kier molecular flexibility index (Phi) is 5.96. The SMILES string of the molecule is COc1ccc(C(CC(F)(F)F)C(O)c2cnc3ccc(C#N)cc3c2)c(Cl)c1. The third-order valence-corrected chi connectivity index (χ3v) is 4.94. The first kappa shape index (κ1) is 20.9. The van der Waals surface area contributed by atoms with E-state index in [1.807, 2.05) is 6.07 Å². The Labute approximate surface area is 170 Å². The fourth-order valence-electron chi connectivity index (χ4n) is 3.19. The van der Waals surface area contributed by atoms with Crippen LogP contribution >= 0.6 is 11.6 Å². The molecule has 4 nitrogen and oxygen atoms in total. The molecule has 0 fully saturated rings. The molecule has 0 amide bonds. The van der Waals surface area contributed by atoms with Gasteiger partial charge in [-0.2, -0.15) is 18.4 Å². The van der Waals surface area contributed by atoms with Gasteiger partial charge in [0.25, 0.3) is 0 Å². The molecule has 150 valence electrons. The third-order valence-electron chi connectivity index (χ3n) is 4.61. The molecule has 0 aliphatic heterocycles. The van der Waals surface area contributed by atoms with Crippen LogP contribution in [0.2, 0.25) is 5.02 Å². The number of alkyl halides is 3. The number of ether oxygens (including phenoxy) is 1. The van der Waals surface area contributed by atoms with E-state index in [2.05, 4.69) is 4.98 Å². The first-order valence-electron chi connectivity index (χ1n) is 8.60. The zero-order valence-electron chi connectivity index (χ0n) is 15.2. The maximum Gasteiger partial charge on any atom is 0.389 e. The summed E-state index contributed by atoms with van der Waals surface area (Å²) in [5.74, 6) is -0.942. The topological polar surface area (TPSA) is 66.1 Å². The quantitative estimate of drug-likeness (QED) is 0.588. The summed E-state index contributed by atoms with van der Waals surface area (Å²) in [6.07, 6.45) is -5.96. The van der Waals surface area contributed by atoms with Crippen LogP contribution in [0.4, 0.5) is 13.2 Å². The van der Waals surface area contributed by atoms with Gasteiger partial charge in [0.05, 0.1) is 36.8 Å². The highest BCUT2D eigenvalue weighted by Crippen LogP contribution is 2.43. The number of aromatic nitrogens is 1. The van der Waals surface area contributed by atoms with Gasteiger partial charge in [0.1, 0.15) is 5.75 Å². The van der Waals surface area contributed by atoms with E-state index in [0.29, 0.717) is 22.2 Å². The Morgan fingerprint density at radius 3 is 2.59 bits per heavy atom. The highest BCUT2D eigenvalue weighted by Gasteiger charge is 2.37. The predicted octanol–water partition coefficient (Wildman–Crippen LogP) is 5.54. The summed E-state index contributed by atoms with van der Waals surface area (Å²) >= 11 is 6.19. The highest BCUT2D eigenvalue weighted by atomic mass is 35.5. The van der Waals surface area contributed by atoms with Gasteiger partial charge in [-0.1, -0.05) is 17.7 Å². The number of nitrogens with zero attached hydrogens (tertiary/aromatic N) is 2. The number of halogens is 4. The molecule has 2 atom stereocenters. The molecule has 0 saturated carbocycles. The summed E-state index contributed by atoms with van der Waals surface area (Å²) < 4.78 is 44.8. The summed E-state index contributed by atoms with van der Waals surface area (Å²) in [6.45, 7) is 0. The van der Waals surface area contributed by atoms with Crippen molar-refractivity contribution < 1.29 is 23.0 Å². The molecule has 3 rings (SSSR count). The van der Waals surface area contributed by atoms with Crippen molar-refractivity contribution in [2.24, 2.45) is 0 Å². The van der Waals surface area contributed by atoms with Crippen molar-refractivity contribution in [3.63, 3.8) is 0 Å². The molecule has 0 aliphatic rings. The minimum atomic E-state index is -4.52. The monoisotopic (exact) mass is 420 g/mol. The number of pyridine rings is 1. The Hall–Kier alpha value is -2.82. The van der Waals surface area contributed by atoms with Crippen molar-refractivity contribution in [3.05, 3.63) is 70.4 Å². The lowest BCUT2D eigenvalue weighted by molar-refractivity contribution is -0.145. The van der Waals surface area contributed by atoms with Crippen LogP contribution in [0.15, 0.2) is 48.7 Å². The largest absolute Gasteiger partial charge is 0.497 e. The van der Waals surface area contributed by atoms with Gasteiger partial charge in [0.15, 0.2) is 0 Å². The molecular formula is C21H16ClF3N2O2. The van der Waals surface area contributed by atoms with E-state index >= 15 is 0 Å². The van der Waals surface area contributed by atoms with Gasteiger partial charge < -0.3 is 9.84 Å². The smallest absolute Gasteiger partial charge is 0.389 e. The fourth-order valence-corrected chi connectivity index (χ4v) is 3.50. The van der Waals surface area contributed by atoms with Crippen molar-refractivity contribution >= 4 is 22.5 Å². The number of hydrogen-bond donors (Lipinski definition) is 1. The first-order chi connectivity index (χ1) is 13.7. The average Bonchev–Trinajstić information content (AvgIpc) is 2.70. The van der Waals surface area contributed by atoms with Crippen LogP contribution in [0.3, 0.4) is 0 Å². The van der Waals surface area contributed by atoms with E-state index in [-0.39, 0.29) is 16.1 Å². The van der Waals surface area contributed by atoms with Gasteiger partial charge in [-0.25, -0.2) is 0 Å². The van der Waals surface area contributed by atoms with Crippen molar-refractivity contribution in [3.8, 4) is 11.8 Å². The van der Waals surface area contributed by atoms with Gasteiger partial charge in [0, 0.05) is 28.1 Å². The molecule has 0 bridgehead atoms. The molecule has 0 saturated heterocycles. The molecule has 29 heavy (non-hydrogen) atoms. The molecule has 0 radical (unpaired) electrons. The zero-order valence-corrected chi connectivity index (χ0v) is 16.0. The van der Waals surface area contributed by atoms with Gasteiger partial charge in [-0.15, -0.1) is 0 Å². The number of aliphatic hydroxyl groups excluding tert-OH is 1. The lowest BCUT2D eigenvalue weighted by Crippen LogP contribution is -2.20. The van der Waals surface area contributed by atoms with Crippen LogP contribution in [0, 0.1) is 11.3 Å². The second kappa shape index (κ2) is 8.27. The summed E-state index contributed by atoms with van der Waals surface area (Å²) in [5, 5.41) is 20.5. The molecule has 0 spiro atoms. The second-order valence-corrected chi connectivity index (χ2v) is 6.95. The van der Waals surface area contributed by atoms with Crippen molar-refractivity contribution in [1.29, 1.82) is 5.26 Å². The number of aliphatic hydroxyl groups is 1. The highest BCUT2D eigenvalue weighted by molar-refractivity contribution is 6.31. The Bertz CT molecular complexity index is 1080. The van der Waals surface area contributed by atoms with Gasteiger partial charge in [-0.05, 0) is 42.0 Å². The molecule has 2 unspecified atom stereocenters. The minimum absolute atomic E-state index is 0.0677. The van der Waals surface area contributed by atoms with Gasteiger partial charge >= 0.3 is 6.18 Å². The number of hydrogen-bond acceptors (Lipinski definition) is 4. The Balaban J connectivity index is 2.06. The molecule has 2 aromatic carbocycles. The molecule has 3 aromatic rings. The van der Waals surface area contributed by atoms with E-state index < -0.39 is 24.6 Å². The predicted molar refractivity (Wildman–Crippen MR) is 103 cm³/mol. The number of rotatable bonds is 5. The minimum Gasteiger partial charge on any atom is -0.497 e. The van der Waals surface area contributed by atoms with Crippen LogP contribution in [-0.2, 0) is 0 Å². The summed E-state index contributed by atoms with van der Waals surface area (Å²) in [6, 6.07) is 12.7. The van der Waals surface area contributed by atoms with Crippen LogP contribution in [0.5, 0.6) is 5.75 Å². The molecule has 1 aromatic heterocycles. The zero-order chi connectivity index (χ0) is 21.2. The van der Waals surface area contributed by atoms with E-state index in [9.17, 15) is 18.3 Å². The first-order valence-corrected chi connectivity index (χ1v) is 8.97. The Morgan fingerprint density at radius 1 is 1.21 bits per heavy atom. The van der Waals surface area contributed by atoms with Crippen LogP contribution in [-0.4, -0.2) is 23.4 Å². The number of nitriles is 1. The molecule has 1 N–H and O–H groups in total. The van der Waals surface area contributed by atoms with E-state index in [1.165, 1.54) is 37.6 Å². The van der Waals surface area contributed by atoms with Crippen LogP contribution in [0.25, 0.3) is 10.9 Å². The van der Waals surface area contributed by atoms with Crippen molar-refractivity contribution in [2.75, 3.05) is 7.11 Å². The van der Waals surface area contributed by atoms with Gasteiger partial charge in [0.2, 0.25) is 0 Å². The van der Waals surface area contributed by atoms with E-state index in [1.54, 1.807) is 18.2 Å². The normalized spacial score (nSPS) is 13.7. The molecule has 0 aliphatic carbocycles. The molecular weight excluding hydrogens is 405 g/mol. The Morgan fingerprint density at radius 2 is 1.97 bits per heavy atom. The second-order valence-electron chi connectivity index (χ2n) is 6.55. The van der Waals surface area contributed by atoms with Gasteiger partial charge in [-0.3, -0.25) is 4.98 Å². The maximum absolute atomic E-state index is 13.3. The summed E-state index contributed by atoms with van der Waals surface area (Å²) in [7, 11) is 1.42. The molecule has 1 heterocycles. The van der Waals surface area contributed by atoms with Crippen LogP contribution < -0.4 is 4.74 Å². The van der Waals surface area contributed by atoms with Crippen LogP contribution in [0.1, 0.15) is 35.1 Å². The number of methoxy groups -OCH3 is 1. The van der Waals surface area contributed by atoms with E-state index in [4.69, 9.17) is 21.6 Å². The number of fused-ring (bicyclic) bond motifs is 1. The van der Waals surface area contributed by atoms with Crippen molar-refractivity contribution in [1.82, 2.24) is 4.98 Å². The maximum atomic E-state index is 13.3. The van der Waals surface area contributed by atoms with Crippen molar-refractivity contribution in [2.45, 2.75) is 24.6 Å². The number of benzene rings is 2. The lowest BCUT2D eigenvalue weighted by atomic mass is 9.86.